The van der Waals surface area contributed by atoms with Gasteiger partial charge in [-0.3, -0.25) is 4.90 Å². The summed E-state index contributed by atoms with van der Waals surface area (Å²) in [5.41, 5.74) is 0. The Kier molecular flexibility index (Phi) is 9.56. The van der Waals surface area contributed by atoms with Crippen molar-refractivity contribution in [3.8, 4) is 0 Å². The molecule has 1 nitrogen and oxygen atoms in total. The Morgan fingerprint density at radius 2 is 1.54 bits per heavy atom. The monoisotopic (exact) mass is 183 g/mol. The number of rotatable bonds is 8. The maximum absolute atomic E-state index is 2.55. The number of nitrogens with zero attached hydrogens (tertiary/aromatic N) is 1. The summed E-state index contributed by atoms with van der Waals surface area (Å²) < 4.78 is 0. The SMILES string of the molecule is C/C=C/CN(CCCC)CCCC. The molecule has 1 heteroatoms. The van der Waals surface area contributed by atoms with Crippen LogP contribution in [0.25, 0.3) is 0 Å². The lowest BCUT2D eigenvalue weighted by Gasteiger charge is -2.19. The maximum atomic E-state index is 2.55. The molecule has 0 amide bonds. The molecule has 13 heavy (non-hydrogen) atoms. The molecule has 0 N–H and O–H groups in total. The van der Waals surface area contributed by atoms with Crippen molar-refractivity contribution < 1.29 is 0 Å². The van der Waals surface area contributed by atoms with Gasteiger partial charge in [0.1, 0.15) is 0 Å². The van der Waals surface area contributed by atoms with E-state index in [1.54, 1.807) is 0 Å². The summed E-state index contributed by atoms with van der Waals surface area (Å²) in [6.07, 6.45) is 9.68. The molecular formula is C12H25N. The molecule has 0 aromatic rings. The van der Waals surface area contributed by atoms with Crippen molar-refractivity contribution in [1.29, 1.82) is 0 Å². The largest absolute Gasteiger partial charge is 0.300 e. The summed E-state index contributed by atoms with van der Waals surface area (Å²) in [4.78, 5) is 2.55. The summed E-state index contributed by atoms with van der Waals surface area (Å²) in [5.74, 6) is 0. The third-order valence-electron chi connectivity index (χ3n) is 2.26. The molecule has 0 saturated heterocycles. The van der Waals surface area contributed by atoms with Gasteiger partial charge in [0.2, 0.25) is 0 Å². The summed E-state index contributed by atoms with van der Waals surface area (Å²) in [6, 6.07) is 0. The van der Waals surface area contributed by atoms with Gasteiger partial charge in [0, 0.05) is 6.54 Å². The van der Waals surface area contributed by atoms with Crippen LogP contribution in [0.5, 0.6) is 0 Å². The molecule has 0 aliphatic heterocycles. The van der Waals surface area contributed by atoms with E-state index >= 15 is 0 Å². The van der Waals surface area contributed by atoms with Crippen molar-refractivity contribution in [3.05, 3.63) is 12.2 Å². The van der Waals surface area contributed by atoms with Gasteiger partial charge in [-0.15, -0.1) is 0 Å². The summed E-state index contributed by atoms with van der Waals surface area (Å²) >= 11 is 0. The van der Waals surface area contributed by atoms with Gasteiger partial charge < -0.3 is 0 Å². The Morgan fingerprint density at radius 3 is 1.92 bits per heavy atom. The van der Waals surface area contributed by atoms with E-state index in [0.29, 0.717) is 0 Å². The van der Waals surface area contributed by atoms with E-state index in [-0.39, 0.29) is 0 Å². The van der Waals surface area contributed by atoms with Crippen molar-refractivity contribution >= 4 is 0 Å². The topological polar surface area (TPSA) is 3.24 Å². The molecule has 0 aromatic heterocycles. The van der Waals surface area contributed by atoms with Crippen molar-refractivity contribution in [2.24, 2.45) is 0 Å². The standard InChI is InChI=1S/C12H25N/c1-4-7-10-13(11-8-5-2)12-9-6-3/h4,7H,5-6,8-12H2,1-3H3/b7-4+. The number of allylic oxidation sites excluding steroid dienone is 1. The minimum atomic E-state index is 1.14. The van der Waals surface area contributed by atoms with Crippen molar-refractivity contribution in [2.45, 2.75) is 46.5 Å². The molecular weight excluding hydrogens is 158 g/mol. The van der Waals surface area contributed by atoms with Crippen LogP contribution in [-0.2, 0) is 0 Å². The second kappa shape index (κ2) is 9.79. The molecule has 0 bridgehead atoms. The zero-order chi connectivity index (χ0) is 9.94. The first-order valence-corrected chi connectivity index (χ1v) is 5.68. The highest BCUT2D eigenvalue weighted by Gasteiger charge is 2.00. The minimum Gasteiger partial charge on any atom is -0.300 e. The lowest BCUT2D eigenvalue weighted by atomic mass is 10.2. The average Bonchev–Trinajstić information content (AvgIpc) is 2.17. The van der Waals surface area contributed by atoms with Gasteiger partial charge in [-0.1, -0.05) is 38.8 Å². The highest BCUT2D eigenvalue weighted by molar-refractivity contribution is 4.81. The number of unbranched alkanes of at least 4 members (excludes halogenated alkanes) is 2. The molecule has 0 aliphatic carbocycles. The predicted molar refractivity (Wildman–Crippen MR) is 61.1 cm³/mol. The molecule has 0 unspecified atom stereocenters. The van der Waals surface area contributed by atoms with Crippen LogP contribution in [-0.4, -0.2) is 24.5 Å². The molecule has 0 atom stereocenters. The maximum Gasteiger partial charge on any atom is 0.0163 e. The van der Waals surface area contributed by atoms with E-state index in [1.807, 2.05) is 0 Å². The van der Waals surface area contributed by atoms with Crippen molar-refractivity contribution in [2.75, 3.05) is 19.6 Å². The van der Waals surface area contributed by atoms with E-state index < -0.39 is 0 Å². The van der Waals surface area contributed by atoms with E-state index in [1.165, 1.54) is 38.8 Å². The Bertz CT molecular complexity index is 110. The quantitative estimate of drug-likeness (QED) is 0.521. The molecule has 0 spiro atoms. The van der Waals surface area contributed by atoms with Gasteiger partial charge in [-0.2, -0.15) is 0 Å². The highest BCUT2D eigenvalue weighted by Crippen LogP contribution is 1.99. The summed E-state index contributed by atoms with van der Waals surface area (Å²) in [6.45, 7) is 10.3. The zero-order valence-corrected chi connectivity index (χ0v) is 9.55. The van der Waals surface area contributed by atoms with E-state index in [4.69, 9.17) is 0 Å². The van der Waals surface area contributed by atoms with Crippen LogP contribution in [0.1, 0.15) is 46.5 Å². The Labute approximate surface area is 83.8 Å². The Hall–Kier alpha value is -0.300. The highest BCUT2D eigenvalue weighted by atomic mass is 15.1. The van der Waals surface area contributed by atoms with E-state index in [2.05, 4.69) is 37.8 Å². The number of hydrogen-bond acceptors (Lipinski definition) is 1. The van der Waals surface area contributed by atoms with Gasteiger partial charge in [0.25, 0.3) is 0 Å². The van der Waals surface area contributed by atoms with Crippen molar-refractivity contribution in [3.63, 3.8) is 0 Å². The van der Waals surface area contributed by atoms with Gasteiger partial charge in [0.05, 0.1) is 0 Å². The van der Waals surface area contributed by atoms with Crippen LogP contribution < -0.4 is 0 Å². The van der Waals surface area contributed by atoms with Gasteiger partial charge in [0.15, 0.2) is 0 Å². The summed E-state index contributed by atoms with van der Waals surface area (Å²) in [7, 11) is 0. The fourth-order valence-corrected chi connectivity index (χ4v) is 1.31. The summed E-state index contributed by atoms with van der Waals surface area (Å²) in [5, 5.41) is 0. The van der Waals surface area contributed by atoms with Gasteiger partial charge in [-0.05, 0) is 32.9 Å². The second-order valence-corrected chi connectivity index (χ2v) is 3.58. The van der Waals surface area contributed by atoms with Gasteiger partial charge >= 0.3 is 0 Å². The van der Waals surface area contributed by atoms with Crippen LogP contribution in [0.2, 0.25) is 0 Å². The van der Waals surface area contributed by atoms with Gasteiger partial charge in [-0.25, -0.2) is 0 Å². The lowest BCUT2D eigenvalue weighted by molar-refractivity contribution is 0.292. The van der Waals surface area contributed by atoms with Crippen LogP contribution in [0.4, 0.5) is 0 Å². The molecule has 0 rings (SSSR count). The van der Waals surface area contributed by atoms with Crippen LogP contribution in [0.15, 0.2) is 12.2 Å². The molecule has 0 radical (unpaired) electrons. The van der Waals surface area contributed by atoms with E-state index in [0.717, 1.165) is 6.54 Å². The van der Waals surface area contributed by atoms with Crippen LogP contribution in [0.3, 0.4) is 0 Å². The van der Waals surface area contributed by atoms with Crippen LogP contribution in [0, 0.1) is 0 Å². The number of hydrogen-bond donors (Lipinski definition) is 0. The Morgan fingerprint density at radius 1 is 1.00 bits per heavy atom. The molecule has 78 valence electrons. The second-order valence-electron chi connectivity index (χ2n) is 3.58. The molecule has 0 aromatic carbocycles. The first-order valence-electron chi connectivity index (χ1n) is 5.68. The first kappa shape index (κ1) is 12.7. The third-order valence-corrected chi connectivity index (χ3v) is 2.26. The zero-order valence-electron chi connectivity index (χ0n) is 9.55. The third kappa shape index (κ3) is 8.04. The molecule has 0 aliphatic rings. The molecule has 0 heterocycles. The fourth-order valence-electron chi connectivity index (χ4n) is 1.31. The molecule has 0 fully saturated rings. The minimum absolute atomic E-state index is 1.14. The smallest absolute Gasteiger partial charge is 0.0163 e. The predicted octanol–water partition coefficient (Wildman–Crippen LogP) is 3.46. The Balaban J connectivity index is 3.59. The van der Waals surface area contributed by atoms with E-state index in [9.17, 15) is 0 Å². The van der Waals surface area contributed by atoms with Crippen LogP contribution >= 0.6 is 0 Å². The fraction of sp³-hybridized carbons (Fsp3) is 0.833. The first-order chi connectivity index (χ1) is 6.35. The average molecular weight is 183 g/mol. The lowest BCUT2D eigenvalue weighted by Crippen LogP contribution is -2.26. The molecule has 0 saturated carbocycles. The van der Waals surface area contributed by atoms with Crippen molar-refractivity contribution in [1.82, 2.24) is 4.90 Å². The normalized spacial score (nSPS) is 11.7.